The number of fused-ring (bicyclic) bond motifs is 4. The summed E-state index contributed by atoms with van der Waals surface area (Å²) in [4.78, 5) is 25.1. The zero-order valence-electron chi connectivity index (χ0n) is 14.0. The molecule has 6 heteroatoms. The number of anilines is 1. The fraction of sp³-hybridized carbons (Fsp3) is 0. The molecule has 3 aromatic carbocycles. The Kier molecular flexibility index (Phi) is 3.36. The van der Waals surface area contributed by atoms with E-state index in [9.17, 15) is 9.18 Å². The van der Waals surface area contributed by atoms with Crippen LogP contribution in [0.15, 0.2) is 66.7 Å². The molecular weight excluding hydrogens is 343 g/mol. The van der Waals surface area contributed by atoms with Gasteiger partial charge in [-0.05, 0) is 54.6 Å². The molecule has 5 nitrogen and oxygen atoms in total. The Labute approximate surface area is 152 Å². The first-order valence-electron chi connectivity index (χ1n) is 8.42. The van der Waals surface area contributed by atoms with Crippen molar-refractivity contribution < 1.29 is 9.18 Å². The average molecular weight is 356 g/mol. The van der Waals surface area contributed by atoms with Crippen LogP contribution >= 0.6 is 0 Å². The van der Waals surface area contributed by atoms with E-state index in [2.05, 4.69) is 15.3 Å². The van der Waals surface area contributed by atoms with Crippen molar-refractivity contribution in [1.29, 1.82) is 0 Å². The van der Waals surface area contributed by atoms with E-state index in [1.54, 1.807) is 12.1 Å². The molecule has 130 valence electrons. The minimum atomic E-state index is -0.348. The number of nitrogens with one attached hydrogen (secondary N) is 2. The zero-order valence-corrected chi connectivity index (χ0v) is 14.0. The van der Waals surface area contributed by atoms with E-state index in [1.807, 2.05) is 30.3 Å². The molecule has 27 heavy (non-hydrogen) atoms. The van der Waals surface area contributed by atoms with E-state index >= 15 is 0 Å². The highest BCUT2D eigenvalue weighted by Crippen LogP contribution is 2.26. The van der Waals surface area contributed by atoms with Crippen LogP contribution in [0, 0.1) is 5.82 Å². The van der Waals surface area contributed by atoms with Crippen LogP contribution in [0.2, 0.25) is 0 Å². The summed E-state index contributed by atoms with van der Waals surface area (Å²) in [5, 5.41) is 3.60. The number of aromatic amines is 1. The molecular formula is C21H13FN4O. The predicted octanol–water partition coefficient (Wildman–Crippen LogP) is 4.66. The number of carbonyl (C=O) groups is 1. The molecule has 0 aliphatic carbocycles. The third-order valence-corrected chi connectivity index (χ3v) is 4.46. The van der Waals surface area contributed by atoms with Crippen LogP contribution in [0.25, 0.3) is 33.1 Å². The molecule has 5 aromatic rings. The third kappa shape index (κ3) is 2.67. The summed E-state index contributed by atoms with van der Waals surface area (Å²) in [5.74, 6) is -0.620. The van der Waals surface area contributed by atoms with Crippen molar-refractivity contribution in [2.75, 3.05) is 5.32 Å². The monoisotopic (exact) mass is 356 g/mol. The van der Waals surface area contributed by atoms with Gasteiger partial charge in [0.05, 0.1) is 11.0 Å². The maximum absolute atomic E-state index is 13.0. The van der Waals surface area contributed by atoms with Crippen LogP contribution < -0.4 is 5.32 Å². The SMILES string of the molecule is O=C(Nc1ccc(F)cc1)c1ccc2[nH]c3nc4ccccc4nc3c2c1. The Bertz CT molecular complexity index is 1330. The van der Waals surface area contributed by atoms with Crippen molar-refractivity contribution in [3.05, 3.63) is 78.1 Å². The third-order valence-electron chi connectivity index (χ3n) is 4.46. The maximum atomic E-state index is 13.0. The molecule has 0 atom stereocenters. The summed E-state index contributed by atoms with van der Waals surface area (Å²) < 4.78 is 13.0. The fourth-order valence-corrected chi connectivity index (χ4v) is 3.13. The number of aromatic nitrogens is 3. The molecule has 0 unspecified atom stereocenters. The molecule has 0 fully saturated rings. The van der Waals surface area contributed by atoms with Gasteiger partial charge < -0.3 is 10.3 Å². The van der Waals surface area contributed by atoms with Gasteiger partial charge in [-0.25, -0.2) is 14.4 Å². The van der Waals surface area contributed by atoms with Crippen LogP contribution in [0.4, 0.5) is 10.1 Å². The lowest BCUT2D eigenvalue weighted by atomic mass is 10.1. The molecule has 0 saturated carbocycles. The molecule has 5 rings (SSSR count). The first kappa shape index (κ1) is 15.5. The summed E-state index contributed by atoms with van der Waals surface area (Å²) in [5.41, 5.74) is 4.89. The van der Waals surface area contributed by atoms with Crippen LogP contribution in [-0.2, 0) is 0 Å². The number of H-pyrrole nitrogens is 1. The number of para-hydroxylation sites is 2. The molecule has 2 aromatic heterocycles. The summed E-state index contributed by atoms with van der Waals surface area (Å²) in [7, 11) is 0. The Morgan fingerprint density at radius 3 is 2.44 bits per heavy atom. The van der Waals surface area contributed by atoms with Gasteiger partial charge in [0.15, 0.2) is 5.65 Å². The fourth-order valence-electron chi connectivity index (χ4n) is 3.13. The van der Waals surface area contributed by atoms with E-state index in [0.29, 0.717) is 16.9 Å². The normalized spacial score (nSPS) is 11.3. The topological polar surface area (TPSA) is 70.7 Å². The van der Waals surface area contributed by atoms with Gasteiger partial charge in [-0.1, -0.05) is 12.1 Å². The standard InChI is InChI=1S/C21H13FN4O/c22-13-6-8-14(9-7-13)23-21(27)12-5-10-16-15(11-12)19-20(25-16)26-18-4-2-1-3-17(18)24-19/h1-11H,(H,23,27)(H,25,26). The first-order chi connectivity index (χ1) is 13.2. The molecule has 2 N–H and O–H groups in total. The van der Waals surface area contributed by atoms with E-state index in [4.69, 9.17) is 4.98 Å². The highest BCUT2D eigenvalue weighted by atomic mass is 19.1. The van der Waals surface area contributed by atoms with E-state index in [-0.39, 0.29) is 11.7 Å². The second kappa shape index (κ2) is 5.88. The lowest BCUT2D eigenvalue weighted by molar-refractivity contribution is 0.102. The highest BCUT2D eigenvalue weighted by Gasteiger charge is 2.12. The predicted molar refractivity (Wildman–Crippen MR) is 103 cm³/mol. The average Bonchev–Trinajstić information content (AvgIpc) is 3.04. The molecule has 0 aliphatic rings. The van der Waals surface area contributed by atoms with Crippen LogP contribution in [-0.4, -0.2) is 20.9 Å². The Balaban J connectivity index is 1.59. The second-order valence-electron chi connectivity index (χ2n) is 6.26. The van der Waals surface area contributed by atoms with Crippen LogP contribution in [0.3, 0.4) is 0 Å². The van der Waals surface area contributed by atoms with Crippen molar-refractivity contribution in [3.8, 4) is 0 Å². The largest absolute Gasteiger partial charge is 0.338 e. The summed E-state index contributed by atoms with van der Waals surface area (Å²) in [6.07, 6.45) is 0. The molecule has 1 amide bonds. The van der Waals surface area contributed by atoms with Gasteiger partial charge in [0.2, 0.25) is 0 Å². The second-order valence-corrected chi connectivity index (χ2v) is 6.26. The molecule has 0 spiro atoms. The maximum Gasteiger partial charge on any atom is 0.255 e. The van der Waals surface area contributed by atoms with Crippen molar-refractivity contribution in [1.82, 2.24) is 15.0 Å². The number of benzene rings is 3. The molecule has 2 heterocycles. The zero-order chi connectivity index (χ0) is 18.4. The smallest absolute Gasteiger partial charge is 0.255 e. The lowest BCUT2D eigenvalue weighted by Gasteiger charge is -2.05. The Hall–Kier alpha value is -3.80. The minimum Gasteiger partial charge on any atom is -0.338 e. The van der Waals surface area contributed by atoms with Crippen LogP contribution in [0.1, 0.15) is 10.4 Å². The summed E-state index contributed by atoms with van der Waals surface area (Å²) in [6, 6.07) is 18.7. The number of hydrogen-bond acceptors (Lipinski definition) is 3. The van der Waals surface area contributed by atoms with Crippen molar-refractivity contribution in [2.45, 2.75) is 0 Å². The number of rotatable bonds is 2. The molecule has 0 aliphatic heterocycles. The minimum absolute atomic E-state index is 0.272. The van der Waals surface area contributed by atoms with E-state index in [0.717, 1.165) is 27.5 Å². The van der Waals surface area contributed by atoms with Crippen molar-refractivity contribution in [2.24, 2.45) is 0 Å². The van der Waals surface area contributed by atoms with Gasteiger partial charge >= 0.3 is 0 Å². The number of nitrogens with zero attached hydrogens (tertiary/aromatic N) is 2. The Morgan fingerprint density at radius 2 is 1.67 bits per heavy atom. The van der Waals surface area contributed by atoms with Crippen molar-refractivity contribution >= 4 is 44.7 Å². The molecule has 0 radical (unpaired) electrons. The number of halogens is 1. The number of amides is 1. The first-order valence-corrected chi connectivity index (χ1v) is 8.42. The number of carbonyl (C=O) groups excluding carboxylic acids is 1. The van der Waals surface area contributed by atoms with Crippen molar-refractivity contribution in [3.63, 3.8) is 0 Å². The highest BCUT2D eigenvalue weighted by molar-refractivity contribution is 6.11. The van der Waals surface area contributed by atoms with Crippen LogP contribution in [0.5, 0.6) is 0 Å². The summed E-state index contributed by atoms with van der Waals surface area (Å²) in [6.45, 7) is 0. The van der Waals surface area contributed by atoms with Gasteiger partial charge in [0.25, 0.3) is 5.91 Å². The molecule has 0 bridgehead atoms. The summed E-state index contributed by atoms with van der Waals surface area (Å²) >= 11 is 0. The number of hydrogen-bond donors (Lipinski definition) is 2. The van der Waals surface area contributed by atoms with E-state index in [1.165, 1.54) is 24.3 Å². The Morgan fingerprint density at radius 1 is 0.926 bits per heavy atom. The van der Waals surface area contributed by atoms with Gasteiger partial charge in [-0.2, -0.15) is 0 Å². The van der Waals surface area contributed by atoms with Gasteiger partial charge in [0.1, 0.15) is 11.3 Å². The van der Waals surface area contributed by atoms with Gasteiger partial charge in [0, 0.05) is 22.2 Å². The van der Waals surface area contributed by atoms with E-state index < -0.39 is 0 Å². The quantitative estimate of drug-likeness (QED) is 0.483. The lowest BCUT2D eigenvalue weighted by Crippen LogP contribution is -2.11. The van der Waals surface area contributed by atoms with Gasteiger partial charge in [-0.15, -0.1) is 0 Å². The van der Waals surface area contributed by atoms with Gasteiger partial charge in [-0.3, -0.25) is 4.79 Å². The molecule has 0 saturated heterocycles.